The number of unbranched alkanes of at least 4 members (excludes halogenated alkanes) is 1. The molecule has 0 atom stereocenters. The number of ether oxygens (including phenoxy) is 1. The molecule has 2 aromatic rings. The molecule has 1 N–H and O–H groups in total. The van der Waals surface area contributed by atoms with E-state index in [2.05, 4.69) is 9.88 Å². The summed E-state index contributed by atoms with van der Waals surface area (Å²) < 4.78 is 7.49. The van der Waals surface area contributed by atoms with Crippen LogP contribution in [0.25, 0.3) is 0 Å². The Bertz CT molecular complexity index is 762. The maximum absolute atomic E-state index is 12.1. The number of benzene rings is 1. The van der Waals surface area contributed by atoms with E-state index in [-0.39, 0.29) is 18.4 Å². The smallest absolute Gasteiger partial charge is 0.264 e. The molecular formula is C19H22N3O3+. The van der Waals surface area contributed by atoms with Crippen LogP contribution < -0.4 is 19.5 Å². The zero-order chi connectivity index (χ0) is 17.6. The third kappa shape index (κ3) is 4.35. The highest BCUT2D eigenvalue weighted by atomic mass is 16.5. The normalized spacial score (nSPS) is 13.2. The van der Waals surface area contributed by atoms with Crippen molar-refractivity contribution >= 4 is 23.2 Å². The van der Waals surface area contributed by atoms with Gasteiger partial charge < -0.3 is 15.0 Å². The van der Waals surface area contributed by atoms with Crippen molar-refractivity contribution in [1.29, 1.82) is 0 Å². The molecule has 2 heterocycles. The molecule has 0 fully saturated rings. The molecule has 0 saturated heterocycles. The number of hydrogen-bond donors (Lipinski definition) is 1. The van der Waals surface area contributed by atoms with Crippen LogP contribution in [0.15, 0.2) is 48.8 Å². The summed E-state index contributed by atoms with van der Waals surface area (Å²) >= 11 is 0. The van der Waals surface area contributed by atoms with Gasteiger partial charge in [0.05, 0.1) is 5.69 Å². The van der Waals surface area contributed by atoms with E-state index in [1.54, 1.807) is 30.1 Å². The first-order chi connectivity index (χ1) is 12.1. The van der Waals surface area contributed by atoms with Crippen LogP contribution >= 0.6 is 0 Å². The number of pyridine rings is 1. The Morgan fingerprint density at radius 1 is 1.24 bits per heavy atom. The van der Waals surface area contributed by atoms with E-state index in [1.165, 1.54) is 0 Å². The van der Waals surface area contributed by atoms with Gasteiger partial charge in [-0.05, 0) is 24.6 Å². The van der Waals surface area contributed by atoms with E-state index in [1.807, 2.05) is 30.6 Å². The fourth-order valence-corrected chi connectivity index (χ4v) is 2.74. The largest absolute Gasteiger partial charge is 0.482 e. The summed E-state index contributed by atoms with van der Waals surface area (Å²) in [6.07, 6.45) is 6.27. The van der Waals surface area contributed by atoms with Gasteiger partial charge in [-0.15, -0.1) is 0 Å². The SMILES string of the molecule is CN1C(=O)COc2ccc(NC(=O)CCCC[n+]3ccccc3)cc21. The van der Waals surface area contributed by atoms with Crippen molar-refractivity contribution < 1.29 is 18.9 Å². The van der Waals surface area contributed by atoms with Gasteiger partial charge >= 0.3 is 0 Å². The van der Waals surface area contributed by atoms with Crippen LogP contribution in [-0.4, -0.2) is 25.5 Å². The summed E-state index contributed by atoms with van der Waals surface area (Å²) in [7, 11) is 1.70. The minimum Gasteiger partial charge on any atom is -0.482 e. The molecule has 1 aromatic heterocycles. The lowest BCUT2D eigenvalue weighted by atomic mass is 10.2. The van der Waals surface area contributed by atoms with Crippen LogP contribution in [0.1, 0.15) is 19.3 Å². The first kappa shape index (κ1) is 17.0. The first-order valence-corrected chi connectivity index (χ1v) is 8.41. The fraction of sp³-hybridized carbons (Fsp3) is 0.316. The zero-order valence-corrected chi connectivity index (χ0v) is 14.3. The number of carbonyl (C=O) groups excluding carboxylic acids is 2. The van der Waals surface area contributed by atoms with Gasteiger partial charge in [-0.1, -0.05) is 6.07 Å². The van der Waals surface area contributed by atoms with Gasteiger partial charge in [0.1, 0.15) is 12.3 Å². The number of aromatic nitrogens is 1. The number of anilines is 2. The topological polar surface area (TPSA) is 62.5 Å². The van der Waals surface area contributed by atoms with Gasteiger partial charge in [-0.2, -0.15) is 0 Å². The molecule has 0 spiro atoms. The Hall–Kier alpha value is -2.89. The third-order valence-corrected chi connectivity index (χ3v) is 4.18. The monoisotopic (exact) mass is 340 g/mol. The van der Waals surface area contributed by atoms with E-state index >= 15 is 0 Å². The molecule has 6 nitrogen and oxygen atoms in total. The lowest BCUT2D eigenvalue weighted by Crippen LogP contribution is -2.35. The Morgan fingerprint density at radius 3 is 2.84 bits per heavy atom. The molecule has 0 saturated carbocycles. The summed E-state index contributed by atoms with van der Waals surface area (Å²) in [5.74, 6) is 0.526. The van der Waals surface area contributed by atoms with Crippen molar-refractivity contribution in [2.45, 2.75) is 25.8 Å². The second kappa shape index (κ2) is 7.79. The van der Waals surface area contributed by atoms with Crippen molar-refractivity contribution in [3.8, 4) is 5.75 Å². The second-order valence-corrected chi connectivity index (χ2v) is 6.04. The molecule has 0 unspecified atom stereocenters. The van der Waals surface area contributed by atoms with Crippen molar-refractivity contribution in [1.82, 2.24) is 0 Å². The van der Waals surface area contributed by atoms with Gasteiger partial charge in [-0.25, -0.2) is 4.57 Å². The first-order valence-electron chi connectivity index (χ1n) is 8.41. The average molecular weight is 340 g/mol. The summed E-state index contributed by atoms with van der Waals surface area (Å²) in [6, 6.07) is 11.3. The summed E-state index contributed by atoms with van der Waals surface area (Å²) in [4.78, 5) is 25.3. The Kier molecular flexibility index (Phi) is 5.28. The van der Waals surface area contributed by atoms with E-state index in [4.69, 9.17) is 4.74 Å². The number of amides is 2. The van der Waals surface area contributed by atoms with Crippen molar-refractivity contribution in [3.05, 3.63) is 48.8 Å². The van der Waals surface area contributed by atoms with E-state index in [9.17, 15) is 9.59 Å². The van der Waals surface area contributed by atoms with Crippen molar-refractivity contribution in [3.63, 3.8) is 0 Å². The molecule has 6 heteroatoms. The highest BCUT2D eigenvalue weighted by Gasteiger charge is 2.22. The summed E-state index contributed by atoms with van der Waals surface area (Å²) in [5.41, 5.74) is 1.35. The molecule has 2 amide bonds. The number of nitrogens with one attached hydrogen (secondary N) is 1. The van der Waals surface area contributed by atoms with Gasteiger partial charge in [0.25, 0.3) is 5.91 Å². The molecular weight excluding hydrogens is 318 g/mol. The number of carbonyl (C=O) groups is 2. The predicted octanol–water partition coefficient (Wildman–Crippen LogP) is 2.14. The lowest BCUT2D eigenvalue weighted by molar-refractivity contribution is -0.697. The average Bonchev–Trinajstić information content (AvgIpc) is 2.63. The van der Waals surface area contributed by atoms with Crippen LogP contribution in [0, 0.1) is 0 Å². The summed E-state index contributed by atoms with van der Waals surface area (Å²) in [5, 5.41) is 2.89. The minimum atomic E-state index is -0.102. The molecule has 0 radical (unpaired) electrons. The quantitative estimate of drug-likeness (QED) is 0.647. The Balaban J connectivity index is 1.49. The molecule has 25 heavy (non-hydrogen) atoms. The van der Waals surface area contributed by atoms with E-state index in [0.717, 1.165) is 19.4 Å². The van der Waals surface area contributed by atoms with Crippen LogP contribution in [0.2, 0.25) is 0 Å². The predicted molar refractivity (Wildman–Crippen MR) is 94.5 cm³/mol. The van der Waals surface area contributed by atoms with Gasteiger partial charge in [0.2, 0.25) is 5.91 Å². The fourth-order valence-electron chi connectivity index (χ4n) is 2.74. The number of nitrogens with zero attached hydrogens (tertiary/aromatic N) is 2. The molecule has 1 aromatic carbocycles. The molecule has 1 aliphatic rings. The lowest BCUT2D eigenvalue weighted by Gasteiger charge is -2.26. The van der Waals surface area contributed by atoms with E-state index in [0.29, 0.717) is 23.5 Å². The standard InChI is InChI=1S/C19H21N3O3/c1-21-16-13-15(8-9-17(16)25-14-19(21)24)20-18(23)7-3-6-12-22-10-4-2-5-11-22/h2,4-5,8-11,13H,3,6-7,12,14H2,1H3/p+1. The van der Waals surface area contributed by atoms with Gasteiger partial charge in [0.15, 0.2) is 19.0 Å². The molecule has 0 bridgehead atoms. The number of aryl methyl sites for hydroxylation is 1. The maximum Gasteiger partial charge on any atom is 0.264 e. The Labute approximate surface area is 147 Å². The summed E-state index contributed by atoms with van der Waals surface area (Å²) in [6.45, 7) is 0.950. The maximum atomic E-state index is 12.1. The number of rotatable bonds is 6. The third-order valence-electron chi connectivity index (χ3n) is 4.18. The van der Waals surface area contributed by atoms with Crippen LogP contribution in [0.5, 0.6) is 5.75 Å². The van der Waals surface area contributed by atoms with Crippen LogP contribution in [0.4, 0.5) is 11.4 Å². The number of fused-ring (bicyclic) bond motifs is 1. The van der Waals surface area contributed by atoms with Crippen molar-refractivity contribution in [2.24, 2.45) is 0 Å². The van der Waals surface area contributed by atoms with Crippen LogP contribution in [0.3, 0.4) is 0 Å². The number of hydrogen-bond acceptors (Lipinski definition) is 3. The highest BCUT2D eigenvalue weighted by Crippen LogP contribution is 2.33. The minimum absolute atomic E-state index is 0.0243. The zero-order valence-electron chi connectivity index (χ0n) is 14.3. The molecule has 1 aliphatic heterocycles. The van der Waals surface area contributed by atoms with E-state index < -0.39 is 0 Å². The van der Waals surface area contributed by atoms with Gasteiger partial charge in [0, 0.05) is 37.7 Å². The van der Waals surface area contributed by atoms with Crippen LogP contribution in [-0.2, 0) is 16.1 Å². The molecule has 130 valence electrons. The molecule has 0 aliphatic carbocycles. The Morgan fingerprint density at radius 2 is 2.04 bits per heavy atom. The number of likely N-dealkylation sites (N-methyl/N-ethyl adjacent to an activating group) is 1. The second-order valence-electron chi connectivity index (χ2n) is 6.04. The molecule has 3 rings (SSSR count). The van der Waals surface area contributed by atoms with Gasteiger partial charge in [-0.3, -0.25) is 9.59 Å². The highest BCUT2D eigenvalue weighted by molar-refractivity contribution is 5.99. The van der Waals surface area contributed by atoms with Crippen molar-refractivity contribution in [2.75, 3.05) is 23.9 Å².